The highest BCUT2D eigenvalue weighted by Gasteiger charge is 2.37. The molecule has 0 aromatic heterocycles. The second-order valence-corrected chi connectivity index (χ2v) is 9.93. The maximum Gasteiger partial charge on any atom is 0.442 e. The highest BCUT2D eigenvalue weighted by atomic mass is 32.2. The molecule has 0 N–H and O–H groups in total. The Morgan fingerprint density at radius 1 is 1.23 bits per heavy atom. The Morgan fingerprint density at radius 2 is 1.81 bits per heavy atom. The van der Waals surface area contributed by atoms with Gasteiger partial charge in [-0.15, -0.1) is 6.58 Å². The smallest absolute Gasteiger partial charge is 0.268 e. The van der Waals surface area contributed by atoms with Crippen molar-refractivity contribution >= 4 is 27.7 Å². The zero-order valence-electron chi connectivity index (χ0n) is 14.6. The van der Waals surface area contributed by atoms with Crippen molar-refractivity contribution in [3.63, 3.8) is 0 Å². The van der Waals surface area contributed by atoms with Crippen LogP contribution in [0.5, 0.6) is 0 Å². The van der Waals surface area contributed by atoms with Crippen molar-refractivity contribution in [1.29, 1.82) is 0 Å². The van der Waals surface area contributed by atoms with Crippen molar-refractivity contribution in [3.8, 4) is 0 Å². The molecular weight excluding hydrogens is 387 g/mol. The number of carbonyl (C=O) groups is 1. The molecule has 0 fully saturated rings. The average Bonchev–Trinajstić information content (AvgIpc) is 2.49. The molecular formula is C17H22F3NO3S2. The normalized spacial score (nSPS) is 12.7. The van der Waals surface area contributed by atoms with Gasteiger partial charge in [-0.1, -0.05) is 38.1 Å². The maximum atomic E-state index is 12.6. The van der Waals surface area contributed by atoms with Crippen molar-refractivity contribution in [3.05, 3.63) is 48.6 Å². The fraction of sp³-hybridized carbons (Fsp3) is 0.471. The Kier molecular flexibility index (Phi) is 7.76. The third-order valence-electron chi connectivity index (χ3n) is 3.44. The number of alkyl halides is 3. The lowest BCUT2D eigenvalue weighted by atomic mass is 10.1. The first-order valence-electron chi connectivity index (χ1n) is 7.85. The summed E-state index contributed by atoms with van der Waals surface area (Å²) >= 11 is -0.136. The first kappa shape index (κ1) is 22.6. The molecule has 0 bridgehead atoms. The van der Waals surface area contributed by atoms with Crippen LogP contribution in [0.2, 0.25) is 0 Å². The van der Waals surface area contributed by atoms with E-state index in [0.29, 0.717) is 0 Å². The lowest BCUT2D eigenvalue weighted by Gasteiger charge is -2.27. The zero-order valence-corrected chi connectivity index (χ0v) is 16.3. The fourth-order valence-electron chi connectivity index (χ4n) is 2.34. The van der Waals surface area contributed by atoms with Crippen LogP contribution in [-0.4, -0.2) is 41.2 Å². The van der Waals surface area contributed by atoms with Gasteiger partial charge in [-0.2, -0.15) is 13.2 Å². The number of carbonyl (C=O) groups excluding carboxylic acids is 1. The summed E-state index contributed by atoms with van der Waals surface area (Å²) in [6.45, 7) is 6.06. The lowest BCUT2D eigenvalue weighted by molar-refractivity contribution is -0.0341. The molecule has 1 rings (SSSR count). The predicted octanol–water partition coefficient (Wildman–Crippen LogP) is 4.46. The maximum absolute atomic E-state index is 12.6. The van der Waals surface area contributed by atoms with Crippen LogP contribution in [0.4, 0.5) is 13.2 Å². The van der Waals surface area contributed by atoms with E-state index in [9.17, 15) is 26.4 Å². The van der Waals surface area contributed by atoms with E-state index in [4.69, 9.17) is 0 Å². The molecule has 0 unspecified atom stereocenters. The number of nitrogens with zero attached hydrogens (tertiary/aromatic N) is 1. The van der Waals surface area contributed by atoms with Crippen LogP contribution in [0.3, 0.4) is 0 Å². The Labute approximate surface area is 156 Å². The first-order valence-corrected chi connectivity index (χ1v) is 10.3. The van der Waals surface area contributed by atoms with E-state index in [0.717, 1.165) is 4.31 Å². The molecule has 0 heterocycles. The molecule has 0 saturated heterocycles. The van der Waals surface area contributed by atoms with Crippen molar-refractivity contribution in [2.75, 3.05) is 12.3 Å². The molecule has 9 heteroatoms. The van der Waals surface area contributed by atoms with Crippen LogP contribution in [0.25, 0.3) is 0 Å². The summed E-state index contributed by atoms with van der Waals surface area (Å²) in [5.41, 5.74) is -4.18. The highest BCUT2D eigenvalue weighted by molar-refractivity contribution is 8.01. The third-order valence-corrected chi connectivity index (χ3v) is 6.11. The van der Waals surface area contributed by atoms with Crippen molar-refractivity contribution in [2.24, 2.45) is 0 Å². The Hall–Kier alpha value is -1.48. The molecule has 4 nitrogen and oxygen atoms in total. The molecule has 0 atom stereocenters. The summed E-state index contributed by atoms with van der Waals surface area (Å²) in [6.07, 6.45) is 1.38. The molecule has 26 heavy (non-hydrogen) atoms. The van der Waals surface area contributed by atoms with E-state index in [2.05, 4.69) is 6.58 Å². The van der Waals surface area contributed by atoms with Gasteiger partial charge in [0.05, 0.1) is 5.75 Å². The number of sulfonamides is 1. The molecule has 0 aliphatic rings. The van der Waals surface area contributed by atoms with E-state index in [1.54, 1.807) is 18.2 Å². The molecule has 1 amide bonds. The summed E-state index contributed by atoms with van der Waals surface area (Å²) < 4.78 is 62.1. The minimum Gasteiger partial charge on any atom is -0.268 e. The van der Waals surface area contributed by atoms with Crippen LogP contribution in [0, 0.1) is 0 Å². The van der Waals surface area contributed by atoms with Gasteiger partial charge in [-0.25, -0.2) is 12.7 Å². The van der Waals surface area contributed by atoms with Gasteiger partial charge in [-0.3, -0.25) is 4.79 Å². The number of halogens is 3. The number of rotatable bonds is 9. The number of thioether (sulfide) groups is 1. The zero-order chi connectivity index (χ0) is 20.0. The van der Waals surface area contributed by atoms with E-state index in [-0.39, 0.29) is 36.7 Å². The lowest BCUT2D eigenvalue weighted by Crippen LogP contribution is -2.39. The van der Waals surface area contributed by atoms with Gasteiger partial charge in [0.15, 0.2) is 0 Å². The molecule has 146 valence electrons. The van der Waals surface area contributed by atoms with Crippen molar-refractivity contribution in [1.82, 2.24) is 4.31 Å². The molecule has 0 saturated carbocycles. The van der Waals surface area contributed by atoms with Crippen LogP contribution in [0.15, 0.2) is 43.0 Å². The quantitative estimate of drug-likeness (QED) is 0.565. The van der Waals surface area contributed by atoms with E-state index >= 15 is 0 Å². The van der Waals surface area contributed by atoms with Crippen LogP contribution in [-0.2, 0) is 10.0 Å². The topological polar surface area (TPSA) is 54.5 Å². The molecule has 1 aromatic carbocycles. The number of hydrogen-bond acceptors (Lipinski definition) is 4. The number of hydrogen-bond donors (Lipinski definition) is 0. The largest absolute Gasteiger partial charge is 0.442 e. The Morgan fingerprint density at radius 3 is 2.31 bits per heavy atom. The Balaban J connectivity index is 2.91. The van der Waals surface area contributed by atoms with Crippen LogP contribution >= 0.6 is 11.8 Å². The van der Waals surface area contributed by atoms with Crippen LogP contribution < -0.4 is 0 Å². The molecule has 1 aromatic rings. The summed E-state index contributed by atoms with van der Waals surface area (Å²) in [4.78, 5) is 12.6. The monoisotopic (exact) mass is 409 g/mol. The number of amides is 1. The average molecular weight is 409 g/mol. The summed E-state index contributed by atoms with van der Waals surface area (Å²) in [5, 5.41) is 0. The summed E-state index contributed by atoms with van der Waals surface area (Å²) in [7, 11) is -3.94. The van der Waals surface area contributed by atoms with Gasteiger partial charge in [0.25, 0.3) is 5.91 Å². The second-order valence-electron chi connectivity index (χ2n) is 6.22. The first-order chi connectivity index (χ1) is 11.9. The van der Waals surface area contributed by atoms with Crippen LogP contribution in [0.1, 0.15) is 37.0 Å². The van der Waals surface area contributed by atoms with Gasteiger partial charge in [0.1, 0.15) is 0 Å². The third kappa shape index (κ3) is 7.41. The molecule has 0 aliphatic heterocycles. The second kappa shape index (κ2) is 8.94. The molecule has 0 spiro atoms. The van der Waals surface area contributed by atoms with Gasteiger partial charge in [0, 0.05) is 16.9 Å². The molecule has 0 radical (unpaired) electrons. The van der Waals surface area contributed by atoms with Crippen molar-refractivity contribution < 1.29 is 26.4 Å². The van der Waals surface area contributed by atoms with E-state index in [1.165, 1.54) is 32.1 Å². The van der Waals surface area contributed by atoms with E-state index < -0.39 is 31.9 Å². The van der Waals surface area contributed by atoms with E-state index in [1.807, 2.05) is 0 Å². The minimum atomic E-state index is -4.38. The van der Waals surface area contributed by atoms with Crippen molar-refractivity contribution in [2.45, 2.75) is 36.9 Å². The fourth-order valence-corrected chi connectivity index (χ4v) is 4.46. The van der Waals surface area contributed by atoms with Gasteiger partial charge in [0.2, 0.25) is 10.0 Å². The number of benzene rings is 1. The standard InChI is InChI=1S/C17H22F3NO3S2/c1-4-13-26(23,24)21(15(22)14-9-6-5-7-10-14)12-8-11-16(2,3)25-17(18,19)20/h4-7,9-10H,1,8,11-13H2,2-3H3. The Bertz CT molecular complexity index is 717. The van der Waals surface area contributed by atoms with Gasteiger partial charge >= 0.3 is 5.51 Å². The minimum absolute atomic E-state index is 0.0966. The van der Waals surface area contributed by atoms with Gasteiger partial charge in [-0.05, 0) is 36.7 Å². The summed E-state index contributed by atoms with van der Waals surface area (Å²) in [5.74, 6) is -1.12. The highest BCUT2D eigenvalue weighted by Crippen LogP contribution is 2.42. The molecule has 0 aliphatic carbocycles. The van der Waals surface area contributed by atoms with Gasteiger partial charge < -0.3 is 0 Å². The SMILES string of the molecule is C=CCS(=O)(=O)N(CCCC(C)(C)SC(F)(F)F)C(=O)c1ccccc1. The summed E-state index contributed by atoms with van der Waals surface area (Å²) in [6, 6.07) is 7.88. The predicted molar refractivity (Wildman–Crippen MR) is 98.4 cm³/mol.